The van der Waals surface area contributed by atoms with Crippen LogP contribution in [0.5, 0.6) is 5.75 Å². The highest BCUT2D eigenvalue weighted by molar-refractivity contribution is 5.94. The van der Waals surface area contributed by atoms with Crippen LogP contribution in [0.25, 0.3) is 0 Å². The third-order valence-electron chi connectivity index (χ3n) is 4.85. The second-order valence-corrected chi connectivity index (χ2v) is 7.20. The fraction of sp³-hybridized carbons (Fsp3) is 0.476. The average Bonchev–Trinajstić information content (AvgIpc) is 3.28. The highest BCUT2D eigenvalue weighted by Crippen LogP contribution is 2.24. The van der Waals surface area contributed by atoms with Gasteiger partial charge < -0.3 is 14.6 Å². The maximum atomic E-state index is 12.6. The van der Waals surface area contributed by atoms with Crippen LogP contribution in [0.4, 0.5) is 0 Å². The number of carbonyl (C=O) groups is 1. The summed E-state index contributed by atoms with van der Waals surface area (Å²) in [6.07, 6.45) is 4.65. The van der Waals surface area contributed by atoms with Crippen molar-refractivity contribution in [3.05, 3.63) is 53.9 Å². The van der Waals surface area contributed by atoms with Crippen molar-refractivity contribution in [1.29, 1.82) is 0 Å². The number of likely N-dealkylation sites (tertiary alicyclic amines) is 1. The van der Waals surface area contributed by atoms with E-state index in [0.717, 1.165) is 18.8 Å². The van der Waals surface area contributed by atoms with Crippen molar-refractivity contribution in [2.75, 3.05) is 19.6 Å². The first-order chi connectivity index (χ1) is 12.5. The van der Waals surface area contributed by atoms with E-state index < -0.39 is 0 Å². The van der Waals surface area contributed by atoms with E-state index >= 15 is 0 Å². The Balaban J connectivity index is 1.65. The third-order valence-corrected chi connectivity index (χ3v) is 4.85. The van der Waals surface area contributed by atoms with E-state index in [2.05, 4.69) is 40.2 Å². The molecule has 0 bridgehead atoms. The number of rotatable bonds is 7. The van der Waals surface area contributed by atoms with Gasteiger partial charge in [0, 0.05) is 31.0 Å². The summed E-state index contributed by atoms with van der Waals surface area (Å²) in [5.74, 6) is 0.745. The van der Waals surface area contributed by atoms with Gasteiger partial charge in [0.25, 0.3) is 5.91 Å². The van der Waals surface area contributed by atoms with E-state index in [-0.39, 0.29) is 18.1 Å². The summed E-state index contributed by atoms with van der Waals surface area (Å²) < 4.78 is 7.78. The van der Waals surface area contributed by atoms with E-state index in [1.165, 1.54) is 18.5 Å². The highest BCUT2D eigenvalue weighted by atomic mass is 16.5. The van der Waals surface area contributed by atoms with Gasteiger partial charge in [-0.15, -0.1) is 0 Å². The molecule has 1 unspecified atom stereocenters. The Bertz CT molecular complexity index is 715. The number of ether oxygens (including phenoxy) is 1. The Kier molecular flexibility index (Phi) is 5.99. The van der Waals surface area contributed by atoms with Gasteiger partial charge in [-0.1, -0.05) is 0 Å². The molecule has 0 spiro atoms. The van der Waals surface area contributed by atoms with Crippen molar-refractivity contribution in [3.8, 4) is 5.75 Å². The lowest BCUT2D eigenvalue weighted by molar-refractivity contribution is 0.0936. The van der Waals surface area contributed by atoms with Gasteiger partial charge in [-0.2, -0.15) is 0 Å². The maximum Gasteiger partial charge on any atom is 0.251 e. The van der Waals surface area contributed by atoms with Crippen molar-refractivity contribution in [1.82, 2.24) is 14.8 Å². The van der Waals surface area contributed by atoms with E-state index in [1.807, 2.05) is 38.1 Å². The Labute approximate surface area is 156 Å². The third kappa shape index (κ3) is 4.47. The molecule has 26 heavy (non-hydrogen) atoms. The minimum Gasteiger partial charge on any atom is -0.491 e. The normalized spacial score (nSPS) is 16.0. The molecule has 0 radical (unpaired) electrons. The first kappa shape index (κ1) is 18.5. The van der Waals surface area contributed by atoms with Gasteiger partial charge in [-0.25, -0.2) is 0 Å². The molecule has 1 aromatic carbocycles. The number of aromatic nitrogens is 1. The van der Waals surface area contributed by atoms with Gasteiger partial charge in [-0.05, 0) is 76.2 Å². The number of aryl methyl sites for hydroxylation is 1. The van der Waals surface area contributed by atoms with Crippen molar-refractivity contribution >= 4 is 5.91 Å². The number of nitrogens with one attached hydrogen (secondary N) is 1. The molecule has 140 valence electrons. The second-order valence-electron chi connectivity index (χ2n) is 7.20. The summed E-state index contributed by atoms with van der Waals surface area (Å²) in [6, 6.07) is 11.8. The number of nitrogens with zero attached hydrogens (tertiary/aromatic N) is 2. The molecule has 2 heterocycles. The molecule has 3 rings (SSSR count). The molecule has 1 fully saturated rings. The van der Waals surface area contributed by atoms with Crippen LogP contribution < -0.4 is 10.1 Å². The van der Waals surface area contributed by atoms with Crippen LogP contribution in [0.15, 0.2) is 42.6 Å². The van der Waals surface area contributed by atoms with Gasteiger partial charge in [0.1, 0.15) is 5.75 Å². The summed E-state index contributed by atoms with van der Waals surface area (Å²) in [6.45, 7) is 6.77. The van der Waals surface area contributed by atoms with Gasteiger partial charge in [0.15, 0.2) is 0 Å². The topological polar surface area (TPSA) is 46.5 Å². The minimum atomic E-state index is -0.0421. The van der Waals surface area contributed by atoms with Gasteiger partial charge >= 0.3 is 0 Å². The van der Waals surface area contributed by atoms with Gasteiger partial charge in [0.05, 0.1) is 12.1 Å². The second kappa shape index (κ2) is 8.41. The lowest BCUT2D eigenvalue weighted by Gasteiger charge is -2.28. The standard InChI is InChI=1S/C21H29N3O2/c1-16(2)26-18-10-8-17(9-11-18)21(25)22-15-20(24-13-4-5-14-24)19-7-6-12-23(19)3/h6-12,16,20H,4-5,13-15H2,1-3H3,(H,22,25). The lowest BCUT2D eigenvalue weighted by atomic mass is 10.1. The summed E-state index contributed by atoms with van der Waals surface area (Å²) >= 11 is 0. The monoisotopic (exact) mass is 355 g/mol. The molecule has 2 aromatic rings. The first-order valence-corrected chi connectivity index (χ1v) is 9.45. The molecule has 1 atom stereocenters. The molecule has 0 aliphatic carbocycles. The summed E-state index contributed by atoms with van der Waals surface area (Å²) in [7, 11) is 2.06. The zero-order valence-electron chi connectivity index (χ0n) is 15.9. The predicted molar refractivity (Wildman–Crippen MR) is 104 cm³/mol. The zero-order valence-corrected chi connectivity index (χ0v) is 15.9. The summed E-state index contributed by atoms with van der Waals surface area (Å²) in [5.41, 5.74) is 1.90. The molecule has 1 aliphatic rings. The van der Waals surface area contributed by atoms with Crippen molar-refractivity contribution in [2.24, 2.45) is 7.05 Å². The fourth-order valence-corrected chi connectivity index (χ4v) is 3.54. The molecule has 1 N–H and O–H groups in total. The van der Waals surface area contributed by atoms with Crippen molar-refractivity contribution in [3.63, 3.8) is 0 Å². The molecule has 0 saturated carbocycles. The first-order valence-electron chi connectivity index (χ1n) is 9.45. The molecular formula is C21H29N3O2. The van der Waals surface area contributed by atoms with Crippen LogP contribution in [0.3, 0.4) is 0 Å². The summed E-state index contributed by atoms with van der Waals surface area (Å²) in [5, 5.41) is 3.12. The SMILES string of the molecule is CC(C)Oc1ccc(C(=O)NCC(c2cccn2C)N2CCCC2)cc1. The van der Waals surface area contributed by atoms with E-state index in [4.69, 9.17) is 4.74 Å². The molecule has 1 saturated heterocycles. The molecular weight excluding hydrogens is 326 g/mol. The molecule has 1 aromatic heterocycles. The zero-order chi connectivity index (χ0) is 18.5. The number of amides is 1. The molecule has 1 aliphatic heterocycles. The lowest BCUT2D eigenvalue weighted by Crippen LogP contribution is -2.37. The van der Waals surface area contributed by atoms with Crippen molar-refractivity contribution < 1.29 is 9.53 Å². The van der Waals surface area contributed by atoms with Crippen LogP contribution in [0, 0.1) is 0 Å². The van der Waals surface area contributed by atoms with Gasteiger partial charge in [-0.3, -0.25) is 9.69 Å². The largest absolute Gasteiger partial charge is 0.491 e. The quantitative estimate of drug-likeness (QED) is 0.828. The highest BCUT2D eigenvalue weighted by Gasteiger charge is 2.25. The van der Waals surface area contributed by atoms with Gasteiger partial charge in [0.2, 0.25) is 0 Å². The Morgan fingerprint density at radius 1 is 1.15 bits per heavy atom. The van der Waals surface area contributed by atoms with E-state index in [0.29, 0.717) is 12.1 Å². The Hall–Kier alpha value is -2.27. The number of benzene rings is 1. The Morgan fingerprint density at radius 3 is 2.42 bits per heavy atom. The van der Waals surface area contributed by atoms with Crippen LogP contribution in [-0.4, -0.2) is 41.1 Å². The molecule has 5 nitrogen and oxygen atoms in total. The average molecular weight is 355 g/mol. The van der Waals surface area contributed by atoms with Crippen molar-refractivity contribution in [2.45, 2.75) is 38.8 Å². The van der Waals surface area contributed by atoms with Crippen LogP contribution >= 0.6 is 0 Å². The smallest absolute Gasteiger partial charge is 0.251 e. The number of hydrogen-bond acceptors (Lipinski definition) is 3. The van der Waals surface area contributed by atoms with E-state index in [1.54, 1.807) is 0 Å². The minimum absolute atomic E-state index is 0.0421. The fourth-order valence-electron chi connectivity index (χ4n) is 3.54. The maximum absolute atomic E-state index is 12.6. The molecule has 5 heteroatoms. The van der Waals surface area contributed by atoms with E-state index in [9.17, 15) is 4.79 Å². The number of carbonyl (C=O) groups excluding carboxylic acids is 1. The van der Waals surface area contributed by atoms with Crippen LogP contribution in [0.2, 0.25) is 0 Å². The Morgan fingerprint density at radius 2 is 1.85 bits per heavy atom. The number of hydrogen-bond donors (Lipinski definition) is 1. The predicted octanol–water partition coefficient (Wildman–Crippen LogP) is 3.38. The van der Waals surface area contributed by atoms with Crippen LogP contribution in [0.1, 0.15) is 48.8 Å². The summed E-state index contributed by atoms with van der Waals surface area (Å²) in [4.78, 5) is 15.0. The van der Waals surface area contributed by atoms with Crippen LogP contribution in [-0.2, 0) is 7.05 Å². The molecule has 1 amide bonds.